The molecule has 18 heavy (non-hydrogen) atoms. The van der Waals surface area contributed by atoms with Gasteiger partial charge >= 0.3 is 0 Å². The standard InChI is InChI=1S/C14H11BrN2S/c15-10-11-3-1-4-12(9-11)13-5-6-14(18-13)17-8-2-7-16-17/h1-9H,10H2. The van der Waals surface area contributed by atoms with Gasteiger partial charge in [0.15, 0.2) is 0 Å². The van der Waals surface area contributed by atoms with Crippen LogP contribution in [0.25, 0.3) is 15.4 Å². The SMILES string of the molecule is BrCc1cccc(-c2ccc(-n3cccn3)s2)c1. The molecule has 0 unspecified atom stereocenters. The van der Waals surface area contributed by atoms with E-state index < -0.39 is 0 Å². The van der Waals surface area contributed by atoms with Crippen molar-refractivity contribution >= 4 is 27.3 Å². The molecular formula is C14H11BrN2S. The quantitative estimate of drug-likeness (QED) is 0.650. The topological polar surface area (TPSA) is 17.8 Å². The minimum absolute atomic E-state index is 0.887. The predicted molar refractivity (Wildman–Crippen MR) is 79.5 cm³/mol. The molecule has 0 fully saturated rings. The van der Waals surface area contributed by atoms with Crippen molar-refractivity contribution in [3.63, 3.8) is 0 Å². The molecule has 2 nitrogen and oxygen atoms in total. The molecule has 2 aromatic heterocycles. The highest BCUT2D eigenvalue weighted by molar-refractivity contribution is 9.08. The van der Waals surface area contributed by atoms with Gasteiger partial charge in [0.25, 0.3) is 0 Å². The Kier molecular flexibility index (Phi) is 3.30. The molecule has 0 bridgehead atoms. The smallest absolute Gasteiger partial charge is 0.118 e. The van der Waals surface area contributed by atoms with E-state index in [0.717, 1.165) is 10.3 Å². The van der Waals surface area contributed by atoms with Crippen LogP contribution in [0.2, 0.25) is 0 Å². The number of aromatic nitrogens is 2. The van der Waals surface area contributed by atoms with Crippen molar-refractivity contribution in [3.8, 4) is 15.4 Å². The van der Waals surface area contributed by atoms with Crippen LogP contribution < -0.4 is 0 Å². The summed E-state index contributed by atoms with van der Waals surface area (Å²) in [6.07, 6.45) is 3.76. The van der Waals surface area contributed by atoms with Gasteiger partial charge in [-0.1, -0.05) is 34.1 Å². The molecule has 0 aliphatic rings. The van der Waals surface area contributed by atoms with Gasteiger partial charge in [-0.15, -0.1) is 11.3 Å². The molecule has 0 spiro atoms. The van der Waals surface area contributed by atoms with Gasteiger partial charge in [0.05, 0.1) is 0 Å². The molecule has 0 aliphatic heterocycles. The summed E-state index contributed by atoms with van der Waals surface area (Å²) in [5, 5.41) is 6.27. The third kappa shape index (κ3) is 2.26. The molecule has 0 N–H and O–H groups in total. The van der Waals surface area contributed by atoms with Gasteiger partial charge in [0.2, 0.25) is 0 Å². The summed E-state index contributed by atoms with van der Waals surface area (Å²) in [5.74, 6) is 0. The van der Waals surface area contributed by atoms with Crippen molar-refractivity contribution in [1.29, 1.82) is 0 Å². The fourth-order valence-electron chi connectivity index (χ4n) is 1.81. The van der Waals surface area contributed by atoms with Gasteiger partial charge in [0.1, 0.15) is 5.00 Å². The number of benzene rings is 1. The Hall–Kier alpha value is -1.39. The maximum absolute atomic E-state index is 4.25. The van der Waals surface area contributed by atoms with E-state index in [1.54, 1.807) is 17.5 Å². The van der Waals surface area contributed by atoms with Gasteiger partial charge < -0.3 is 0 Å². The number of thiophene rings is 1. The summed E-state index contributed by atoms with van der Waals surface area (Å²) in [4.78, 5) is 1.27. The first-order valence-electron chi connectivity index (χ1n) is 5.62. The van der Waals surface area contributed by atoms with Crippen molar-refractivity contribution in [1.82, 2.24) is 9.78 Å². The van der Waals surface area contributed by atoms with Crippen LogP contribution in [-0.4, -0.2) is 9.78 Å². The number of hydrogen-bond acceptors (Lipinski definition) is 2. The molecule has 3 rings (SSSR count). The minimum atomic E-state index is 0.887. The first-order valence-corrected chi connectivity index (χ1v) is 7.56. The van der Waals surface area contributed by atoms with Crippen LogP contribution in [0, 0.1) is 0 Å². The van der Waals surface area contributed by atoms with E-state index in [-0.39, 0.29) is 0 Å². The molecule has 0 saturated carbocycles. The summed E-state index contributed by atoms with van der Waals surface area (Å²) in [7, 11) is 0. The van der Waals surface area contributed by atoms with E-state index in [2.05, 4.69) is 57.4 Å². The highest BCUT2D eigenvalue weighted by atomic mass is 79.9. The van der Waals surface area contributed by atoms with E-state index in [1.807, 2.05) is 16.9 Å². The van der Waals surface area contributed by atoms with E-state index in [4.69, 9.17) is 0 Å². The number of halogens is 1. The van der Waals surface area contributed by atoms with E-state index in [1.165, 1.54) is 16.0 Å². The van der Waals surface area contributed by atoms with Gasteiger partial charge in [-0.2, -0.15) is 5.10 Å². The van der Waals surface area contributed by atoms with Gasteiger partial charge in [-0.25, -0.2) is 4.68 Å². The van der Waals surface area contributed by atoms with E-state index in [9.17, 15) is 0 Å². The third-order valence-electron chi connectivity index (χ3n) is 2.69. The largest absolute Gasteiger partial charge is 0.231 e. The molecule has 3 aromatic rings. The molecular weight excluding hydrogens is 308 g/mol. The van der Waals surface area contributed by atoms with Crippen LogP contribution in [0.5, 0.6) is 0 Å². The summed E-state index contributed by atoms with van der Waals surface area (Å²) in [5.41, 5.74) is 2.55. The first kappa shape index (κ1) is 11.7. The van der Waals surface area contributed by atoms with Crippen LogP contribution in [-0.2, 0) is 5.33 Å². The maximum atomic E-state index is 4.25. The Morgan fingerprint density at radius 1 is 1.17 bits per heavy atom. The number of nitrogens with zero attached hydrogens (tertiary/aromatic N) is 2. The Bertz CT molecular complexity index is 643. The maximum Gasteiger partial charge on any atom is 0.118 e. The minimum Gasteiger partial charge on any atom is -0.231 e. The molecule has 0 atom stereocenters. The second-order valence-corrected chi connectivity index (χ2v) is 5.55. The predicted octanol–water partition coefficient (Wildman–Crippen LogP) is 4.50. The second kappa shape index (κ2) is 5.08. The lowest BCUT2D eigenvalue weighted by Gasteiger charge is -2.00. The molecule has 0 saturated heterocycles. The lowest BCUT2D eigenvalue weighted by atomic mass is 10.1. The molecule has 0 amide bonds. The average Bonchev–Trinajstić information content (AvgIpc) is 3.09. The Labute approximate surface area is 118 Å². The van der Waals surface area contributed by atoms with Crippen LogP contribution in [0.1, 0.15) is 5.56 Å². The first-order chi connectivity index (χ1) is 8.86. The molecule has 1 aromatic carbocycles. The summed E-state index contributed by atoms with van der Waals surface area (Å²) < 4.78 is 1.89. The zero-order valence-electron chi connectivity index (χ0n) is 9.58. The lowest BCUT2D eigenvalue weighted by Crippen LogP contribution is -1.88. The van der Waals surface area contributed by atoms with E-state index >= 15 is 0 Å². The lowest BCUT2D eigenvalue weighted by molar-refractivity contribution is 0.898. The average molecular weight is 319 g/mol. The van der Waals surface area contributed by atoms with Gasteiger partial charge in [-0.3, -0.25) is 0 Å². The zero-order chi connectivity index (χ0) is 12.4. The summed E-state index contributed by atoms with van der Waals surface area (Å²) >= 11 is 5.24. The number of rotatable bonds is 3. The Morgan fingerprint density at radius 2 is 2.11 bits per heavy atom. The van der Waals surface area contributed by atoms with Crippen molar-refractivity contribution in [2.24, 2.45) is 0 Å². The fraction of sp³-hybridized carbons (Fsp3) is 0.0714. The summed E-state index contributed by atoms with van der Waals surface area (Å²) in [6, 6.07) is 14.8. The highest BCUT2D eigenvalue weighted by Gasteiger charge is 2.05. The molecule has 4 heteroatoms. The van der Waals surface area contributed by atoms with Crippen LogP contribution in [0.3, 0.4) is 0 Å². The molecule has 90 valence electrons. The number of hydrogen-bond donors (Lipinski definition) is 0. The normalized spacial score (nSPS) is 10.7. The van der Waals surface area contributed by atoms with Crippen LogP contribution in [0.15, 0.2) is 54.9 Å². The zero-order valence-corrected chi connectivity index (χ0v) is 12.0. The van der Waals surface area contributed by atoms with E-state index in [0.29, 0.717) is 0 Å². The number of alkyl halides is 1. The van der Waals surface area contributed by atoms with Crippen molar-refractivity contribution < 1.29 is 0 Å². The molecule has 0 radical (unpaired) electrons. The monoisotopic (exact) mass is 318 g/mol. The second-order valence-electron chi connectivity index (χ2n) is 3.92. The Morgan fingerprint density at radius 3 is 2.89 bits per heavy atom. The van der Waals surface area contributed by atoms with Crippen molar-refractivity contribution in [3.05, 3.63) is 60.4 Å². The third-order valence-corrected chi connectivity index (χ3v) is 4.46. The van der Waals surface area contributed by atoms with Crippen LogP contribution in [0.4, 0.5) is 0 Å². The molecule has 2 heterocycles. The van der Waals surface area contributed by atoms with Gasteiger partial charge in [-0.05, 0) is 35.4 Å². The van der Waals surface area contributed by atoms with Crippen molar-refractivity contribution in [2.75, 3.05) is 0 Å². The summed E-state index contributed by atoms with van der Waals surface area (Å²) in [6.45, 7) is 0. The van der Waals surface area contributed by atoms with Crippen LogP contribution >= 0.6 is 27.3 Å². The van der Waals surface area contributed by atoms with Gasteiger partial charge in [0, 0.05) is 22.6 Å². The van der Waals surface area contributed by atoms with Crippen molar-refractivity contribution in [2.45, 2.75) is 5.33 Å². The fourth-order valence-corrected chi connectivity index (χ4v) is 3.11. The molecule has 0 aliphatic carbocycles. The Balaban J connectivity index is 1.97. The highest BCUT2D eigenvalue weighted by Crippen LogP contribution is 2.30.